The predicted octanol–water partition coefficient (Wildman–Crippen LogP) is 2.64. The first-order valence-electron chi connectivity index (χ1n) is 5.91. The molecule has 94 valence electrons. The molecule has 1 fully saturated rings. The molecule has 17 heavy (non-hydrogen) atoms. The van der Waals surface area contributed by atoms with Gasteiger partial charge in [0.2, 0.25) is 0 Å². The highest BCUT2D eigenvalue weighted by molar-refractivity contribution is 9.11. The first-order chi connectivity index (χ1) is 8.13. The fourth-order valence-electron chi connectivity index (χ4n) is 2.18. The first-order valence-corrected chi connectivity index (χ1v) is 7.52. The average Bonchev–Trinajstić information content (AvgIpc) is 2.91. The maximum atomic E-state index is 12.4. The highest BCUT2D eigenvalue weighted by Crippen LogP contribution is 2.28. The van der Waals surface area contributed by atoms with Crippen LogP contribution in [-0.4, -0.2) is 36.5 Å². The molecule has 0 radical (unpaired) electrons. The number of hydrogen-bond acceptors (Lipinski definition) is 3. The van der Waals surface area contributed by atoms with E-state index in [0.29, 0.717) is 6.04 Å². The van der Waals surface area contributed by atoms with Crippen LogP contribution >= 0.6 is 27.3 Å². The molecule has 5 heteroatoms. The van der Waals surface area contributed by atoms with E-state index in [0.717, 1.165) is 40.3 Å². The van der Waals surface area contributed by atoms with Crippen molar-refractivity contribution in [1.29, 1.82) is 0 Å². The summed E-state index contributed by atoms with van der Waals surface area (Å²) < 4.78 is 1.06. The molecule has 1 aromatic rings. The van der Waals surface area contributed by atoms with E-state index in [9.17, 15) is 4.79 Å². The SMILES string of the molecule is CCN(C(=O)c1cc(C)c(Br)s1)C1CCNC1. The third kappa shape index (κ3) is 2.72. The van der Waals surface area contributed by atoms with Crippen molar-refractivity contribution in [2.75, 3.05) is 19.6 Å². The molecule has 0 saturated carbocycles. The third-order valence-electron chi connectivity index (χ3n) is 3.14. The van der Waals surface area contributed by atoms with Crippen molar-refractivity contribution in [2.45, 2.75) is 26.3 Å². The van der Waals surface area contributed by atoms with Crippen molar-refractivity contribution < 1.29 is 4.79 Å². The Morgan fingerprint density at radius 3 is 2.94 bits per heavy atom. The number of halogens is 1. The minimum Gasteiger partial charge on any atom is -0.334 e. The van der Waals surface area contributed by atoms with E-state index < -0.39 is 0 Å². The Morgan fingerprint density at radius 2 is 2.47 bits per heavy atom. The molecule has 1 unspecified atom stereocenters. The van der Waals surface area contributed by atoms with Gasteiger partial charge in [0.05, 0.1) is 8.66 Å². The van der Waals surface area contributed by atoms with Gasteiger partial charge in [-0.3, -0.25) is 4.79 Å². The average molecular weight is 317 g/mol. The molecule has 0 aromatic carbocycles. The second kappa shape index (κ2) is 5.50. The van der Waals surface area contributed by atoms with Crippen molar-refractivity contribution in [3.8, 4) is 0 Å². The summed E-state index contributed by atoms with van der Waals surface area (Å²) in [6, 6.07) is 2.33. The molecule has 3 nitrogen and oxygen atoms in total. The number of rotatable bonds is 3. The number of likely N-dealkylation sites (N-methyl/N-ethyl adjacent to an activating group) is 1. The smallest absolute Gasteiger partial charge is 0.264 e. The van der Waals surface area contributed by atoms with Crippen LogP contribution in [0.4, 0.5) is 0 Å². The van der Waals surface area contributed by atoms with E-state index >= 15 is 0 Å². The number of nitrogens with zero attached hydrogens (tertiary/aromatic N) is 1. The van der Waals surface area contributed by atoms with Crippen LogP contribution in [0.25, 0.3) is 0 Å². The molecule has 0 bridgehead atoms. The summed E-state index contributed by atoms with van der Waals surface area (Å²) in [7, 11) is 0. The zero-order valence-corrected chi connectivity index (χ0v) is 12.5. The van der Waals surface area contributed by atoms with Crippen molar-refractivity contribution in [3.05, 3.63) is 20.3 Å². The van der Waals surface area contributed by atoms with Gasteiger partial charge < -0.3 is 10.2 Å². The summed E-state index contributed by atoms with van der Waals surface area (Å²) >= 11 is 5.00. The van der Waals surface area contributed by atoms with Gasteiger partial charge in [-0.1, -0.05) is 0 Å². The van der Waals surface area contributed by atoms with Crippen molar-refractivity contribution in [1.82, 2.24) is 10.2 Å². The van der Waals surface area contributed by atoms with Gasteiger partial charge >= 0.3 is 0 Å². The van der Waals surface area contributed by atoms with Gasteiger partial charge in [0, 0.05) is 19.1 Å². The predicted molar refractivity (Wildman–Crippen MR) is 74.7 cm³/mol. The molecule has 2 heterocycles. The molecular weight excluding hydrogens is 300 g/mol. The zero-order chi connectivity index (χ0) is 12.4. The maximum absolute atomic E-state index is 12.4. The first kappa shape index (κ1) is 13.1. The molecule has 1 saturated heterocycles. The Kier molecular flexibility index (Phi) is 4.22. The molecule has 0 spiro atoms. The number of hydrogen-bond donors (Lipinski definition) is 1. The van der Waals surface area contributed by atoms with Gasteiger partial charge in [-0.05, 0) is 54.4 Å². The van der Waals surface area contributed by atoms with Crippen molar-refractivity contribution in [2.24, 2.45) is 0 Å². The summed E-state index contributed by atoms with van der Waals surface area (Å²) in [5.41, 5.74) is 1.14. The number of carbonyl (C=O) groups is 1. The molecule has 2 rings (SSSR count). The van der Waals surface area contributed by atoms with Crippen LogP contribution in [0, 0.1) is 6.92 Å². The molecule has 1 N–H and O–H groups in total. The number of amides is 1. The van der Waals surface area contributed by atoms with Gasteiger partial charge in [-0.15, -0.1) is 11.3 Å². The molecule has 1 aliphatic heterocycles. The van der Waals surface area contributed by atoms with E-state index in [-0.39, 0.29) is 5.91 Å². The zero-order valence-electron chi connectivity index (χ0n) is 10.1. The topological polar surface area (TPSA) is 32.3 Å². The van der Waals surface area contributed by atoms with Crippen LogP contribution in [0.3, 0.4) is 0 Å². The van der Waals surface area contributed by atoms with Crippen LogP contribution in [0.1, 0.15) is 28.6 Å². The lowest BCUT2D eigenvalue weighted by molar-refractivity contribution is 0.0708. The Morgan fingerprint density at radius 1 is 1.71 bits per heavy atom. The summed E-state index contributed by atoms with van der Waals surface area (Å²) in [5, 5.41) is 3.31. The van der Waals surface area contributed by atoms with Crippen LogP contribution in [0.5, 0.6) is 0 Å². The monoisotopic (exact) mass is 316 g/mol. The highest BCUT2D eigenvalue weighted by atomic mass is 79.9. The molecule has 0 aliphatic carbocycles. The van der Waals surface area contributed by atoms with Gasteiger partial charge in [-0.2, -0.15) is 0 Å². The normalized spacial score (nSPS) is 19.6. The highest BCUT2D eigenvalue weighted by Gasteiger charge is 2.27. The minimum atomic E-state index is 0.167. The fourth-order valence-corrected chi connectivity index (χ4v) is 3.67. The Labute approximate surface area is 114 Å². The van der Waals surface area contributed by atoms with Crippen LogP contribution in [-0.2, 0) is 0 Å². The quantitative estimate of drug-likeness (QED) is 0.929. The molecule has 1 aromatic heterocycles. The van der Waals surface area contributed by atoms with E-state index in [1.807, 2.05) is 24.8 Å². The lowest BCUT2D eigenvalue weighted by Gasteiger charge is -2.26. The summed E-state index contributed by atoms with van der Waals surface area (Å²) in [5.74, 6) is 0.167. The Hall–Kier alpha value is -0.390. The van der Waals surface area contributed by atoms with E-state index in [1.54, 1.807) is 0 Å². The third-order valence-corrected chi connectivity index (χ3v) is 5.27. The summed E-state index contributed by atoms with van der Waals surface area (Å²) in [4.78, 5) is 15.2. The fraction of sp³-hybridized carbons (Fsp3) is 0.583. The second-order valence-electron chi connectivity index (χ2n) is 4.31. The standard InChI is InChI=1S/C12H17BrN2OS/c1-3-15(9-4-5-14-7-9)12(16)10-6-8(2)11(13)17-10/h6,9,14H,3-5,7H2,1-2H3. The van der Waals surface area contributed by atoms with Gasteiger partial charge in [0.1, 0.15) is 0 Å². The summed E-state index contributed by atoms with van der Waals surface area (Å²) in [6.07, 6.45) is 1.06. The largest absolute Gasteiger partial charge is 0.334 e. The number of thiophene rings is 1. The van der Waals surface area contributed by atoms with Crippen LogP contribution < -0.4 is 5.32 Å². The molecule has 1 aliphatic rings. The van der Waals surface area contributed by atoms with Gasteiger partial charge in [0.15, 0.2) is 0 Å². The minimum absolute atomic E-state index is 0.167. The second-order valence-corrected chi connectivity index (χ2v) is 6.68. The molecule has 1 amide bonds. The van der Waals surface area contributed by atoms with Gasteiger partial charge in [-0.25, -0.2) is 0 Å². The van der Waals surface area contributed by atoms with E-state index in [2.05, 4.69) is 21.2 Å². The van der Waals surface area contributed by atoms with E-state index in [4.69, 9.17) is 0 Å². The van der Waals surface area contributed by atoms with Crippen molar-refractivity contribution >= 4 is 33.2 Å². The molecule has 1 atom stereocenters. The Bertz CT molecular complexity index is 393. The summed E-state index contributed by atoms with van der Waals surface area (Å²) in [6.45, 7) is 6.78. The van der Waals surface area contributed by atoms with Crippen molar-refractivity contribution in [3.63, 3.8) is 0 Å². The number of aryl methyl sites for hydroxylation is 1. The van der Waals surface area contributed by atoms with Gasteiger partial charge in [0.25, 0.3) is 5.91 Å². The van der Waals surface area contributed by atoms with E-state index in [1.165, 1.54) is 11.3 Å². The lowest BCUT2D eigenvalue weighted by atomic mass is 10.2. The lowest BCUT2D eigenvalue weighted by Crippen LogP contribution is -2.41. The number of carbonyl (C=O) groups excluding carboxylic acids is 1. The van der Waals surface area contributed by atoms with Crippen LogP contribution in [0.2, 0.25) is 0 Å². The molecular formula is C12H17BrN2OS. The number of nitrogens with one attached hydrogen (secondary N) is 1. The Balaban J connectivity index is 2.16. The van der Waals surface area contributed by atoms with Crippen LogP contribution in [0.15, 0.2) is 9.85 Å². The maximum Gasteiger partial charge on any atom is 0.264 e.